The van der Waals surface area contributed by atoms with Gasteiger partial charge in [0, 0.05) is 12.4 Å². The summed E-state index contributed by atoms with van der Waals surface area (Å²) in [7, 11) is 0. The number of pyridine rings is 1. The van der Waals surface area contributed by atoms with Crippen molar-refractivity contribution in [2.75, 3.05) is 0 Å². The summed E-state index contributed by atoms with van der Waals surface area (Å²) in [6.45, 7) is 0. The number of benzene rings is 1. The van der Waals surface area contributed by atoms with E-state index in [4.69, 9.17) is 12.2 Å². The highest BCUT2D eigenvalue weighted by Gasteiger charge is 2.37. The van der Waals surface area contributed by atoms with Gasteiger partial charge in [-0.3, -0.25) is 14.7 Å². The summed E-state index contributed by atoms with van der Waals surface area (Å²) >= 11 is 6.33. The zero-order chi connectivity index (χ0) is 17.8. The van der Waals surface area contributed by atoms with Crippen LogP contribution in [0.1, 0.15) is 11.1 Å². The molecule has 0 bridgehead atoms. The van der Waals surface area contributed by atoms with Crippen LogP contribution in [-0.4, -0.2) is 32.1 Å². The van der Waals surface area contributed by atoms with Crippen molar-refractivity contribution in [3.8, 4) is 0 Å². The van der Waals surface area contributed by atoms with Crippen LogP contribution in [0.25, 0.3) is 6.08 Å². The van der Waals surface area contributed by atoms with Crippen LogP contribution in [0.2, 0.25) is 0 Å². The Kier molecular flexibility index (Phi) is 5.25. The summed E-state index contributed by atoms with van der Waals surface area (Å²) in [6.07, 6.45) is 5.04. The van der Waals surface area contributed by atoms with E-state index in [1.54, 1.807) is 42.7 Å². The molecule has 0 spiro atoms. The second kappa shape index (κ2) is 7.58. The largest absolute Gasteiger partial charge is 0.548 e. The van der Waals surface area contributed by atoms with Crippen LogP contribution in [-0.2, 0) is 16.0 Å². The number of aromatic nitrogens is 1. The number of aliphatic carboxylic acids is 1. The van der Waals surface area contributed by atoms with Gasteiger partial charge in [0.25, 0.3) is 5.91 Å². The second-order valence-corrected chi connectivity index (χ2v) is 7.04. The fourth-order valence-corrected chi connectivity index (χ4v) is 3.84. The van der Waals surface area contributed by atoms with E-state index in [0.29, 0.717) is 4.91 Å². The van der Waals surface area contributed by atoms with E-state index >= 15 is 0 Å². The lowest BCUT2D eigenvalue weighted by Gasteiger charge is -2.27. The first kappa shape index (κ1) is 17.3. The van der Waals surface area contributed by atoms with Crippen molar-refractivity contribution in [2.24, 2.45) is 0 Å². The van der Waals surface area contributed by atoms with Crippen molar-refractivity contribution in [1.29, 1.82) is 0 Å². The standard InChI is InChI=1S/C18H14N2O3S2/c21-16-15(10-13-7-4-8-19-11-13)25-18(24)20(16)14(17(22)23)9-12-5-2-1-3-6-12/h1-8,10-11,14H,9H2,(H,22,23)/p-1/b15-10-/t14-/m1/s1. The third-order valence-electron chi connectivity index (χ3n) is 3.66. The number of hydrogen-bond acceptors (Lipinski definition) is 6. The maximum atomic E-state index is 12.7. The first-order valence-electron chi connectivity index (χ1n) is 7.48. The van der Waals surface area contributed by atoms with Gasteiger partial charge in [-0.05, 0) is 29.7 Å². The van der Waals surface area contributed by atoms with Gasteiger partial charge in [0.1, 0.15) is 4.32 Å². The Hall–Kier alpha value is -2.51. The zero-order valence-corrected chi connectivity index (χ0v) is 14.6. The molecule has 1 amide bonds. The molecular formula is C18H13N2O3S2-. The number of thiocarbonyl (C=S) groups is 1. The Morgan fingerprint density at radius 2 is 2.04 bits per heavy atom. The van der Waals surface area contributed by atoms with E-state index in [1.807, 2.05) is 18.2 Å². The lowest BCUT2D eigenvalue weighted by molar-refractivity contribution is -0.310. The van der Waals surface area contributed by atoms with E-state index in [0.717, 1.165) is 27.8 Å². The number of rotatable bonds is 5. The third kappa shape index (κ3) is 3.94. The molecule has 2 heterocycles. The summed E-state index contributed by atoms with van der Waals surface area (Å²) in [4.78, 5) is 29.8. The molecule has 1 aromatic heterocycles. The molecule has 5 nitrogen and oxygen atoms in total. The van der Waals surface area contributed by atoms with Crippen molar-refractivity contribution in [3.63, 3.8) is 0 Å². The Morgan fingerprint density at radius 3 is 2.68 bits per heavy atom. The molecule has 0 N–H and O–H groups in total. The zero-order valence-electron chi connectivity index (χ0n) is 13.0. The van der Waals surface area contributed by atoms with E-state index in [9.17, 15) is 14.7 Å². The minimum absolute atomic E-state index is 0.135. The van der Waals surface area contributed by atoms with Gasteiger partial charge in [-0.1, -0.05) is 60.4 Å². The Labute approximate surface area is 154 Å². The molecule has 126 valence electrons. The lowest BCUT2D eigenvalue weighted by Crippen LogP contribution is -2.51. The van der Waals surface area contributed by atoms with Crippen molar-refractivity contribution >= 4 is 46.3 Å². The highest BCUT2D eigenvalue weighted by molar-refractivity contribution is 8.26. The summed E-state index contributed by atoms with van der Waals surface area (Å²) in [5.74, 6) is -1.76. The molecule has 25 heavy (non-hydrogen) atoms. The Morgan fingerprint density at radius 1 is 1.28 bits per heavy atom. The predicted molar refractivity (Wildman–Crippen MR) is 98.2 cm³/mol. The first-order chi connectivity index (χ1) is 12.1. The van der Waals surface area contributed by atoms with Crippen LogP contribution >= 0.6 is 24.0 Å². The number of carbonyl (C=O) groups excluding carboxylic acids is 2. The number of nitrogens with zero attached hydrogens (tertiary/aromatic N) is 2. The van der Waals surface area contributed by atoms with Gasteiger partial charge in [0.05, 0.1) is 16.9 Å². The molecule has 0 aliphatic carbocycles. The smallest absolute Gasteiger partial charge is 0.266 e. The average Bonchev–Trinajstić information content (AvgIpc) is 2.88. The second-order valence-electron chi connectivity index (χ2n) is 5.36. The van der Waals surface area contributed by atoms with Gasteiger partial charge in [-0.15, -0.1) is 0 Å². The van der Waals surface area contributed by atoms with Crippen molar-refractivity contribution < 1.29 is 14.7 Å². The van der Waals surface area contributed by atoms with E-state index in [1.165, 1.54) is 0 Å². The molecule has 0 radical (unpaired) electrons. The van der Waals surface area contributed by atoms with Gasteiger partial charge in [0.15, 0.2) is 0 Å². The minimum atomic E-state index is -1.33. The highest BCUT2D eigenvalue weighted by atomic mass is 32.2. The molecule has 7 heteroatoms. The van der Waals surface area contributed by atoms with Gasteiger partial charge in [-0.25, -0.2) is 0 Å². The van der Waals surface area contributed by atoms with Gasteiger partial charge in [0.2, 0.25) is 0 Å². The van der Waals surface area contributed by atoms with E-state index in [-0.39, 0.29) is 10.7 Å². The number of hydrogen-bond donors (Lipinski definition) is 0. The molecule has 1 atom stereocenters. The number of carboxylic acids is 1. The number of carboxylic acid groups (broad SMARTS) is 1. The van der Waals surface area contributed by atoms with Crippen LogP contribution in [0.4, 0.5) is 0 Å². The van der Waals surface area contributed by atoms with Crippen LogP contribution in [0.15, 0.2) is 59.8 Å². The van der Waals surface area contributed by atoms with Crippen LogP contribution in [0.3, 0.4) is 0 Å². The molecule has 1 fully saturated rings. The molecule has 1 aliphatic rings. The number of amides is 1. The average molecular weight is 369 g/mol. The van der Waals surface area contributed by atoms with Crippen LogP contribution < -0.4 is 5.11 Å². The maximum Gasteiger partial charge on any atom is 0.266 e. The minimum Gasteiger partial charge on any atom is -0.548 e. The lowest BCUT2D eigenvalue weighted by atomic mass is 10.0. The molecule has 0 saturated carbocycles. The predicted octanol–water partition coefficient (Wildman–Crippen LogP) is 1.64. The van der Waals surface area contributed by atoms with Gasteiger partial charge >= 0.3 is 0 Å². The molecule has 1 saturated heterocycles. The molecule has 0 unspecified atom stereocenters. The summed E-state index contributed by atoms with van der Waals surface area (Å²) in [5, 5.41) is 11.6. The Balaban J connectivity index is 1.87. The quantitative estimate of drug-likeness (QED) is 0.589. The number of carbonyl (C=O) groups is 2. The maximum absolute atomic E-state index is 12.7. The van der Waals surface area contributed by atoms with Gasteiger partial charge in [-0.2, -0.15) is 0 Å². The molecule has 3 rings (SSSR count). The normalized spacial score (nSPS) is 17.1. The number of thioether (sulfide) groups is 1. The first-order valence-corrected chi connectivity index (χ1v) is 8.70. The summed E-state index contributed by atoms with van der Waals surface area (Å²) < 4.78 is 0.213. The van der Waals surface area contributed by atoms with E-state index in [2.05, 4.69) is 4.98 Å². The van der Waals surface area contributed by atoms with Crippen molar-refractivity contribution in [3.05, 3.63) is 70.9 Å². The van der Waals surface area contributed by atoms with Crippen LogP contribution in [0.5, 0.6) is 0 Å². The Bertz CT molecular complexity index is 838. The monoisotopic (exact) mass is 369 g/mol. The third-order valence-corrected chi connectivity index (χ3v) is 4.99. The van der Waals surface area contributed by atoms with Crippen LogP contribution in [0, 0.1) is 0 Å². The fraction of sp³-hybridized carbons (Fsp3) is 0.111. The van der Waals surface area contributed by atoms with E-state index < -0.39 is 17.9 Å². The fourth-order valence-electron chi connectivity index (χ4n) is 2.48. The van der Waals surface area contributed by atoms with Gasteiger partial charge < -0.3 is 9.90 Å². The SMILES string of the molecule is O=C([O-])[C@@H](Cc1ccccc1)N1C(=O)/C(=C/c2cccnc2)SC1=S. The van der Waals surface area contributed by atoms with Crippen molar-refractivity contribution in [2.45, 2.75) is 12.5 Å². The van der Waals surface area contributed by atoms with Crippen molar-refractivity contribution in [1.82, 2.24) is 9.88 Å². The highest BCUT2D eigenvalue weighted by Crippen LogP contribution is 2.34. The summed E-state index contributed by atoms with van der Waals surface area (Å²) in [5.41, 5.74) is 1.54. The molecule has 1 aliphatic heterocycles. The molecule has 1 aromatic carbocycles. The molecule has 2 aromatic rings. The molecular weight excluding hydrogens is 356 g/mol. The topological polar surface area (TPSA) is 73.3 Å². The summed E-state index contributed by atoms with van der Waals surface area (Å²) in [6, 6.07) is 11.5.